The minimum atomic E-state index is -2.09. The maximum absolute atomic E-state index is 14.9. The number of hydroxylamine groups is 2. The lowest BCUT2D eigenvalue weighted by atomic mass is 9.51. The number of hydrogen-bond acceptors (Lipinski definition) is 13. The molecule has 3 rings (SSSR count). The summed E-state index contributed by atoms with van der Waals surface area (Å²) in [5.41, 5.74) is -11.3. The Hall–Kier alpha value is -3.42. The normalized spacial score (nSPS) is 34.8. The predicted octanol–water partition coefficient (Wildman–Crippen LogP) is 4.20. The first-order valence-electron chi connectivity index (χ1n) is 19.4. The van der Waals surface area contributed by atoms with Gasteiger partial charge < -0.3 is 5.21 Å². The fraction of sp³-hybridized carbons (Fsp3) is 0.762. The van der Waals surface area contributed by atoms with Crippen molar-refractivity contribution in [3.05, 3.63) is 0 Å². The van der Waals surface area contributed by atoms with Gasteiger partial charge in [-0.05, 0) is 122 Å². The highest BCUT2D eigenvalue weighted by atomic mass is 16.5. The van der Waals surface area contributed by atoms with Crippen molar-refractivity contribution in [3.8, 4) is 0 Å². The molecule has 13 heteroatoms. The summed E-state index contributed by atoms with van der Waals surface area (Å²) in [6, 6.07) is -4.16. The van der Waals surface area contributed by atoms with Crippen molar-refractivity contribution in [1.29, 1.82) is 0 Å². The van der Waals surface area contributed by atoms with Crippen LogP contribution in [0, 0.1) is 44.3 Å². The molecular weight excluding hydrogens is 708 g/mol. The topological polar surface area (TPSA) is 197 Å². The van der Waals surface area contributed by atoms with Crippen molar-refractivity contribution in [2.75, 3.05) is 7.05 Å². The van der Waals surface area contributed by atoms with Gasteiger partial charge in [-0.25, -0.2) is 0 Å². The molecule has 8 atom stereocenters. The van der Waals surface area contributed by atoms with Crippen LogP contribution in [-0.4, -0.2) is 104 Å². The van der Waals surface area contributed by atoms with Gasteiger partial charge in [-0.1, -0.05) is 13.8 Å². The van der Waals surface area contributed by atoms with Gasteiger partial charge in [0.2, 0.25) is 0 Å². The fourth-order valence-corrected chi connectivity index (χ4v) is 8.84. The largest absolute Gasteiger partial charge is 0.313 e. The van der Waals surface area contributed by atoms with Crippen molar-refractivity contribution in [2.45, 2.75) is 153 Å². The summed E-state index contributed by atoms with van der Waals surface area (Å²) in [4.78, 5) is 142. The molecule has 55 heavy (non-hydrogen) atoms. The Labute approximate surface area is 325 Å². The van der Waals surface area contributed by atoms with E-state index in [1.165, 1.54) is 69.2 Å². The van der Waals surface area contributed by atoms with E-state index >= 15 is 0 Å². The molecule has 0 aromatic rings. The molecule has 3 fully saturated rings. The molecule has 13 nitrogen and oxygen atoms in total. The Kier molecular flexibility index (Phi) is 12.4. The van der Waals surface area contributed by atoms with Gasteiger partial charge >= 0.3 is 0 Å². The minimum absolute atomic E-state index is 0.249. The summed E-state index contributed by atoms with van der Waals surface area (Å²) in [6.07, 6.45) is -1.29. The number of hydrogen-bond donors (Lipinski definition) is 1. The number of carbonyl (C=O) groups excluding carboxylic acids is 10. The second-order valence-corrected chi connectivity index (χ2v) is 18.9. The van der Waals surface area contributed by atoms with Crippen LogP contribution in [0.1, 0.15) is 129 Å². The molecule has 0 aliphatic heterocycles. The average molecular weight is 771 g/mol. The number of nitrogens with zero attached hydrogens (tertiary/aromatic N) is 2. The number of Topliss-reactive ketones (excluding diaryl/α,β-unsaturated/α-hetero) is 10. The van der Waals surface area contributed by atoms with Crippen LogP contribution in [0.4, 0.5) is 0 Å². The third-order valence-corrected chi connectivity index (χ3v) is 13.7. The summed E-state index contributed by atoms with van der Waals surface area (Å²) in [5.74, 6) is -10.1. The first kappa shape index (κ1) is 46.0. The standard InChI is InChI=1S/C42H62N2O11/c1-16-23(6)27(45)24-28(46)37(7,8)34(52)39(11,29(24)47)17-19-41(13)32(50)26(44(55)22(4)5)33(51)42(14,36(41)54)20-18-40(12)31(49)25(43(15)21(2)3)30(48)38(9,10)35(40)53/h21-26,55H,16-20H2,1-15H3. The third-order valence-electron chi connectivity index (χ3n) is 13.7. The van der Waals surface area contributed by atoms with Gasteiger partial charge in [0.25, 0.3) is 0 Å². The van der Waals surface area contributed by atoms with Crippen LogP contribution in [0.25, 0.3) is 0 Å². The number of rotatable bonds is 13. The Morgan fingerprint density at radius 2 is 0.891 bits per heavy atom. The third kappa shape index (κ3) is 6.79. The molecule has 0 aromatic heterocycles. The zero-order valence-electron chi connectivity index (χ0n) is 35.4. The molecule has 0 spiro atoms. The minimum Gasteiger partial charge on any atom is -0.313 e. The molecular formula is C42H62N2O11. The summed E-state index contributed by atoms with van der Waals surface area (Å²) in [6.45, 7) is 20.9. The highest BCUT2D eigenvalue weighted by Crippen LogP contribution is 2.52. The van der Waals surface area contributed by atoms with Gasteiger partial charge in [-0.15, -0.1) is 0 Å². The monoisotopic (exact) mass is 770 g/mol. The van der Waals surface area contributed by atoms with Crippen molar-refractivity contribution in [3.63, 3.8) is 0 Å². The van der Waals surface area contributed by atoms with E-state index in [2.05, 4.69) is 0 Å². The second-order valence-electron chi connectivity index (χ2n) is 18.9. The summed E-state index contributed by atoms with van der Waals surface area (Å²) in [5, 5.41) is 11.8. The van der Waals surface area contributed by atoms with Crippen LogP contribution in [0.5, 0.6) is 0 Å². The molecule has 0 bridgehead atoms. The van der Waals surface area contributed by atoms with Crippen molar-refractivity contribution in [1.82, 2.24) is 9.96 Å². The van der Waals surface area contributed by atoms with Crippen molar-refractivity contribution >= 4 is 57.8 Å². The van der Waals surface area contributed by atoms with Crippen LogP contribution in [0.2, 0.25) is 0 Å². The molecule has 0 saturated heterocycles. The molecule has 1 N–H and O–H groups in total. The van der Waals surface area contributed by atoms with Crippen LogP contribution in [0.3, 0.4) is 0 Å². The molecule has 0 amide bonds. The zero-order chi connectivity index (χ0) is 42.9. The zero-order valence-corrected chi connectivity index (χ0v) is 35.4. The van der Waals surface area contributed by atoms with E-state index in [1.54, 1.807) is 39.6 Å². The smallest absolute Gasteiger partial charge is 0.173 e. The fourth-order valence-electron chi connectivity index (χ4n) is 8.84. The quantitative estimate of drug-likeness (QED) is 0.207. The number of ketones is 10. The Bertz CT molecular complexity index is 1740. The van der Waals surface area contributed by atoms with Crippen LogP contribution in [0.15, 0.2) is 0 Å². The van der Waals surface area contributed by atoms with Gasteiger partial charge in [0.15, 0.2) is 63.9 Å². The SMILES string of the molecule is CCC(C)C(=O)C1C(=O)C(C)(C)C(=O)C(C)(CCC2(C)C(=O)C(N(O)C(C)C)C(=O)C(C)(CCC3(C)C(=O)C(N(C)C(C)C)C(=O)C(C)(C)C3=O)C2=O)C1=O. The van der Waals surface area contributed by atoms with Gasteiger partial charge in [0, 0.05) is 18.0 Å². The average Bonchev–Trinajstić information content (AvgIpc) is 3.12. The molecule has 0 radical (unpaired) electrons. The van der Waals surface area contributed by atoms with Crippen molar-refractivity contribution in [2.24, 2.45) is 44.3 Å². The first-order valence-corrected chi connectivity index (χ1v) is 19.4. The van der Waals surface area contributed by atoms with E-state index in [4.69, 9.17) is 0 Å². The molecule has 0 aromatic carbocycles. The Balaban J connectivity index is 2.15. The number of likely N-dealkylation sites (N-methyl/N-ethyl adjacent to an activating group) is 1. The highest BCUT2D eigenvalue weighted by molar-refractivity contribution is 6.36. The molecule has 8 unspecified atom stereocenters. The molecule has 3 aliphatic carbocycles. The van der Waals surface area contributed by atoms with E-state index in [1.807, 2.05) is 0 Å². The van der Waals surface area contributed by atoms with E-state index < -0.39 is 140 Å². The van der Waals surface area contributed by atoms with E-state index in [0.717, 1.165) is 0 Å². The lowest BCUT2D eigenvalue weighted by Crippen LogP contribution is -2.68. The maximum Gasteiger partial charge on any atom is 0.173 e. The van der Waals surface area contributed by atoms with Crippen molar-refractivity contribution < 1.29 is 53.2 Å². The summed E-state index contributed by atoms with van der Waals surface area (Å²) < 4.78 is 0. The molecule has 306 valence electrons. The van der Waals surface area contributed by atoms with Crippen LogP contribution in [-0.2, 0) is 47.9 Å². The molecule has 3 aliphatic rings. The molecule has 3 saturated carbocycles. The predicted molar refractivity (Wildman–Crippen MR) is 201 cm³/mol. The van der Waals surface area contributed by atoms with E-state index in [-0.39, 0.29) is 12.5 Å². The van der Waals surface area contributed by atoms with Crippen LogP contribution >= 0.6 is 0 Å². The van der Waals surface area contributed by atoms with Gasteiger partial charge in [0.1, 0.15) is 12.0 Å². The van der Waals surface area contributed by atoms with Gasteiger partial charge in [-0.3, -0.25) is 52.8 Å². The Morgan fingerprint density at radius 3 is 1.25 bits per heavy atom. The summed E-state index contributed by atoms with van der Waals surface area (Å²) >= 11 is 0. The lowest BCUT2D eigenvalue weighted by Gasteiger charge is -2.49. The maximum atomic E-state index is 14.9. The van der Waals surface area contributed by atoms with E-state index in [0.29, 0.717) is 11.5 Å². The van der Waals surface area contributed by atoms with E-state index in [9.17, 15) is 53.2 Å². The van der Waals surface area contributed by atoms with Gasteiger partial charge in [0.05, 0.1) is 32.5 Å². The lowest BCUT2D eigenvalue weighted by molar-refractivity contribution is -0.192. The first-order chi connectivity index (χ1) is 24.8. The van der Waals surface area contributed by atoms with Gasteiger partial charge in [-0.2, -0.15) is 5.06 Å². The Morgan fingerprint density at radius 1 is 0.545 bits per heavy atom. The highest BCUT2D eigenvalue weighted by Gasteiger charge is 2.68. The second kappa shape index (κ2) is 14.8. The summed E-state index contributed by atoms with van der Waals surface area (Å²) in [7, 11) is 1.61. The van der Waals surface area contributed by atoms with Crippen LogP contribution < -0.4 is 0 Å². The number of carbonyl (C=O) groups is 10. The molecule has 0 heterocycles.